The minimum Gasteiger partial charge on any atom is -0.442 e. The minimum absolute atomic E-state index is 0.0984. The highest BCUT2D eigenvalue weighted by Gasteiger charge is 2.59. The Kier molecular flexibility index (Phi) is 6.02. The van der Waals surface area contributed by atoms with Gasteiger partial charge in [-0.3, -0.25) is 14.9 Å². The highest BCUT2D eigenvalue weighted by Crippen LogP contribution is 2.64. The van der Waals surface area contributed by atoms with Crippen molar-refractivity contribution in [2.75, 3.05) is 5.32 Å². The summed E-state index contributed by atoms with van der Waals surface area (Å²) in [5.74, 6) is 1.47. The van der Waals surface area contributed by atoms with E-state index in [1.807, 2.05) is 30.3 Å². The maximum absolute atomic E-state index is 13.4. The second kappa shape index (κ2) is 8.61. The van der Waals surface area contributed by atoms with Crippen molar-refractivity contribution in [2.45, 2.75) is 65.4 Å². The van der Waals surface area contributed by atoms with Gasteiger partial charge < -0.3 is 4.74 Å². The van der Waals surface area contributed by atoms with Gasteiger partial charge in [0.2, 0.25) is 0 Å². The summed E-state index contributed by atoms with van der Waals surface area (Å²) in [7, 11) is 0. The largest absolute Gasteiger partial charge is 0.442 e. The molecule has 0 saturated heterocycles. The van der Waals surface area contributed by atoms with Crippen molar-refractivity contribution in [2.24, 2.45) is 28.6 Å². The summed E-state index contributed by atoms with van der Waals surface area (Å²) in [6.45, 7) is 6.16. The fourth-order valence-electron chi connectivity index (χ4n) is 7.54. The number of ether oxygens (including phenoxy) is 1. The molecule has 0 unspecified atom stereocenters. The summed E-state index contributed by atoms with van der Waals surface area (Å²) in [5, 5.41) is 2.79. The summed E-state index contributed by atoms with van der Waals surface area (Å²) < 4.78 is 6.80. The van der Waals surface area contributed by atoms with Crippen LogP contribution in [-0.2, 0) is 14.3 Å². The van der Waals surface area contributed by atoms with Gasteiger partial charge in [-0.05, 0) is 126 Å². The zero-order valence-corrected chi connectivity index (χ0v) is 22.2. The molecule has 5 nitrogen and oxygen atoms in total. The Morgan fingerprint density at radius 1 is 1.06 bits per heavy atom. The third kappa shape index (κ3) is 3.86. The molecule has 0 aromatic heterocycles. The molecule has 4 aliphatic rings. The van der Waals surface area contributed by atoms with Crippen LogP contribution in [0.4, 0.5) is 10.5 Å². The lowest BCUT2D eigenvalue weighted by Gasteiger charge is -2.57. The molecule has 6 atom stereocenters. The first-order valence-corrected chi connectivity index (χ1v) is 13.4. The Labute approximate surface area is 214 Å². The Balaban J connectivity index is 1.32. The topological polar surface area (TPSA) is 72.5 Å². The van der Waals surface area contributed by atoms with Crippen molar-refractivity contribution in [3.05, 3.63) is 51.1 Å². The highest BCUT2D eigenvalue weighted by atomic mass is 127. The number of benzene rings is 1. The van der Waals surface area contributed by atoms with Crippen molar-refractivity contribution in [1.82, 2.24) is 0 Å². The molecule has 34 heavy (non-hydrogen) atoms. The summed E-state index contributed by atoms with van der Waals surface area (Å²) in [4.78, 5) is 38.2. The summed E-state index contributed by atoms with van der Waals surface area (Å²) in [6.07, 6.45) is 8.21. The molecule has 4 aliphatic carbocycles. The molecule has 2 fully saturated rings. The fraction of sp³-hybridized carbons (Fsp3) is 0.536. The number of amides is 1. The predicted molar refractivity (Wildman–Crippen MR) is 139 cm³/mol. The standard InChI is InChI=1S/C28H32INO4/c1-16(31)21-8-9-22-20-15-25(32)24-14-19(34-26(33)30-18-6-4-17(29)5-7-18)10-12-28(24,3)23(20)11-13-27(21,22)2/h4-8,14,19-20,22-23H,9-13,15H2,1-3H3,(H,30,33)/t19-,20-,22-,23-,27+,28+/m0/s1. The van der Waals surface area contributed by atoms with Crippen LogP contribution in [0, 0.1) is 32.2 Å². The normalized spacial score (nSPS) is 36.4. The van der Waals surface area contributed by atoms with E-state index in [0.29, 0.717) is 29.9 Å². The number of ketones is 2. The van der Waals surface area contributed by atoms with Crippen molar-refractivity contribution in [3.63, 3.8) is 0 Å². The molecule has 0 aliphatic heterocycles. The van der Waals surface area contributed by atoms with Crippen LogP contribution < -0.4 is 5.32 Å². The molecule has 180 valence electrons. The first-order chi connectivity index (χ1) is 16.1. The van der Waals surface area contributed by atoms with Crippen LogP contribution in [0.5, 0.6) is 0 Å². The lowest BCUT2D eigenvalue weighted by Crippen LogP contribution is -2.53. The molecular formula is C28H32INO4. The number of carbonyl (C=O) groups is 3. The number of nitrogens with one attached hydrogen (secondary N) is 1. The number of rotatable bonds is 3. The number of anilines is 1. The Hall–Kier alpha value is -1.96. The number of allylic oxidation sites excluding steroid dienone is 3. The van der Waals surface area contributed by atoms with E-state index < -0.39 is 12.2 Å². The maximum atomic E-state index is 13.4. The molecular weight excluding hydrogens is 541 g/mol. The first kappa shape index (κ1) is 23.8. The fourth-order valence-corrected chi connectivity index (χ4v) is 7.90. The van der Waals surface area contributed by atoms with Gasteiger partial charge in [0.15, 0.2) is 11.6 Å². The van der Waals surface area contributed by atoms with Gasteiger partial charge in [-0.15, -0.1) is 0 Å². The van der Waals surface area contributed by atoms with Crippen LogP contribution in [0.25, 0.3) is 0 Å². The summed E-state index contributed by atoms with van der Waals surface area (Å²) >= 11 is 2.22. The average Bonchev–Trinajstić information content (AvgIpc) is 3.14. The summed E-state index contributed by atoms with van der Waals surface area (Å²) in [6, 6.07) is 7.54. The van der Waals surface area contributed by atoms with Gasteiger partial charge in [0, 0.05) is 21.3 Å². The van der Waals surface area contributed by atoms with Crippen molar-refractivity contribution >= 4 is 45.9 Å². The van der Waals surface area contributed by atoms with Crippen LogP contribution in [0.15, 0.2) is 47.6 Å². The van der Waals surface area contributed by atoms with Gasteiger partial charge in [0.05, 0.1) is 0 Å². The van der Waals surface area contributed by atoms with E-state index in [-0.39, 0.29) is 22.4 Å². The average molecular weight is 573 g/mol. The third-order valence-corrected chi connectivity index (χ3v) is 9.92. The van der Waals surface area contributed by atoms with E-state index in [0.717, 1.165) is 46.8 Å². The Bertz CT molecular complexity index is 1110. The van der Waals surface area contributed by atoms with Gasteiger partial charge in [-0.1, -0.05) is 19.9 Å². The van der Waals surface area contributed by atoms with Gasteiger partial charge in [0.25, 0.3) is 0 Å². The van der Waals surface area contributed by atoms with E-state index in [9.17, 15) is 14.4 Å². The van der Waals surface area contributed by atoms with Crippen molar-refractivity contribution in [1.29, 1.82) is 0 Å². The number of hydrogen-bond donors (Lipinski definition) is 1. The summed E-state index contributed by atoms with van der Waals surface area (Å²) in [5.41, 5.74) is 2.24. The zero-order chi connectivity index (χ0) is 24.3. The number of hydrogen-bond acceptors (Lipinski definition) is 4. The van der Waals surface area contributed by atoms with Crippen molar-refractivity contribution < 1.29 is 19.1 Å². The first-order valence-electron chi connectivity index (χ1n) is 12.3. The van der Waals surface area contributed by atoms with Gasteiger partial charge in [-0.25, -0.2) is 4.79 Å². The highest BCUT2D eigenvalue weighted by molar-refractivity contribution is 14.1. The van der Waals surface area contributed by atoms with Crippen LogP contribution >= 0.6 is 22.6 Å². The van der Waals surface area contributed by atoms with E-state index in [2.05, 4.69) is 47.8 Å². The van der Waals surface area contributed by atoms with Crippen LogP contribution in [0.2, 0.25) is 0 Å². The molecule has 5 rings (SSSR count). The lowest BCUT2D eigenvalue weighted by molar-refractivity contribution is -0.128. The smallest absolute Gasteiger partial charge is 0.412 e. The molecule has 1 amide bonds. The number of fused-ring (bicyclic) bond motifs is 5. The van der Waals surface area contributed by atoms with Crippen LogP contribution in [0.3, 0.4) is 0 Å². The minimum atomic E-state index is -0.491. The molecule has 0 heterocycles. The second-order valence-electron chi connectivity index (χ2n) is 11.0. The SMILES string of the molecule is CC(=O)C1=CC[C@H]2[C@@H]3CC(=O)C4=C[C@@H](OC(=O)Nc5ccc(I)cc5)CC[C@]4(C)[C@H]3CC[C@]12C. The van der Waals surface area contributed by atoms with Crippen molar-refractivity contribution in [3.8, 4) is 0 Å². The maximum Gasteiger partial charge on any atom is 0.412 e. The predicted octanol–water partition coefficient (Wildman–Crippen LogP) is 6.48. The molecule has 0 radical (unpaired) electrons. The van der Waals surface area contributed by atoms with Gasteiger partial charge >= 0.3 is 6.09 Å². The van der Waals surface area contributed by atoms with E-state index in [1.54, 1.807) is 6.92 Å². The number of halogens is 1. The lowest BCUT2D eigenvalue weighted by atomic mass is 9.46. The molecule has 2 saturated carbocycles. The molecule has 6 heteroatoms. The molecule has 0 spiro atoms. The number of Topliss-reactive ketones (excluding diaryl/α,β-unsaturated/α-hetero) is 2. The second-order valence-corrected chi connectivity index (χ2v) is 12.2. The molecule has 1 N–H and O–H groups in total. The van der Waals surface area contributed by atoms with E-state index in [4.69, 9.17) is 4.74 Å². The quantitative estimate of drug-likeness (QED) is 0.421. The van der Waals surface area contributed by atoms with Gasteiger partial charge in [0.1, 0.15) is 6.10 Å². The van der Waals surface area contributed by atoms with E-state index >= 15 is 0 Å². The van der Waals surface area contributed by atoms with Gasteiger partial charge in [-0.2, -0.15) is 0 Å². The third-order valence-electron chi connectivity index (χ3n) is 9.20. The van der Waals surface area contributed by atoms with Crippen LogP contribution in [-0.4, -0.2) is 23.8 Å². The molecule has 1 aromatic carbocycles. The molecule has 0 bridgehead atoms. The number of carbonyl (C=O) groups excluding carboxylic acids is 3. The molecule has 1 aromatic rings. The van der Waals surface area contributed by atoms with E-state index in [1.165, 1.54) is 0 Å². The Morgan fingerprint density at radius 3 is 2.47 bits per heavy atom. The zero-order valence-electron chi connectivity index (χ0n) is 20.0. The van der Waals surface area contributed by atoms with Crippen LogP contribution in [0.1, 0.15) is 59.3 Å². The Morgan fingerprint density at radius 2 is 1.76 bits per heavy atom. The monoisotopic (exact) mass is 573 g/mol.